The zero-order valence-electron chi connectivity index (χ0n) is 9.66. The lowest BCUT2D eigenvalue weighted by atomic mass is 10.0. The van der Waals surface area contributed by atoms with E-state index in [2.05, 4.69) is 0 Å². The normalized spacial score (nSPS) is 12.2. The number of halogens is 3. The van der Waals surface area contributed by atoms with Crippen LogP contribution in [0.4, 0.5) is 8.78 Å². The third-order valence-electron chi connectivity index (χ3n) is 2.64. The van der Waals surface area contributed by atoms with Gasteiger partial charge in [-0.25, -0.2) is 8.78 Å². The average Bonchev–Trinajstić information content (AvgIpc) is 2.40. The fraction of sp³-hybridized carbons (Fsp3) is 0.143. The Morgan fingerprint density at radius 3 is 2.50 bits per heavy atom. The third kappa shape index (κ3) is 2.46. The van der Waals surface area contributed by atoms with E-state index in [0.717, 1.165) is 18.2 Å². The van der Waals surface area contributed by atoms with Crippen molar-refractivity contribution in [3.8, 4) is 5.75 Å². The Balaban J connectivity index is 2.47. The second kappa shape index (κ2) is 5.36. The lowest BCUT2D eigenvalue weighted by molar-refractivity contribution is 0.410. The molecule has 0 aliphatic heterocycles. The van der Waals surface area contributed by atoms with E-state index in [9.17, 15) is 8.78 Å². The topological polar surface area (TPSA) is 9.23 Å². The van der Waals surface area contributed by atoms with Gasteiger partial charge in [-0.05, 0) is 24.3 Å². The molecule has 0 heterocycles. The van der Waals surface area contributed by atoms with Gasteiger partial charge in [-0.15, -0.1) is 11.6 Å². The minimum absolute atomic E-state index is 0.0983. The summed E-state index contributed by atoms with van der Waals surface area (Å²) in [4.78, 5) is 0. The van der Waals surface area contributed by atoms with Gasteiger partial charge in [0.05, 0.1) is 12.5 Å². The highest BCUT2D eigenvalue weighted by Gasteiger charge is 2.19. The van der Waals surface area contributed by atoms with Gasteiger partial charge in [0.2, 0.25) is 0 Å². The molecule has 1 unspecified atom stereocenters. The molecule has 0 spiro atoms. The molecule has 0 aliphatic rings. The molecule has 2 aromatic rings. The van der Waals surface area contributed by atoms with E-state index in [0.29, 0.717) is 11.3 Å². The highest BCUT2D eigenvalue weighted by Crippen LogP contribution is 2.36. The highest BCUT2D eigenvalue weighted by molar-refractivity contribution is 6.22. The van der Waals surface area contributed by atoms with Crippen molar-refractivity contribution in [2.75, 3.05) is 7.11 Å². The van der Waals surface area contributed by atoms with Gasteiger partial charge in [0, 0.05) is 11.1 Å². The second-order valence-corrected chi connectivity index (χ2v) is 4.21. The number of para-hydroxylation sites is 1. The van der Waals surface area contributed by atoms with Crippen molar-refractivity contribution in [2.24, 2.45) is 0 Å². The van der Waals surface area contributed by atoms with Crippen LogP contribution in [-0.4, -0.2) is 7.11 Å². The SMILES string of the molecule is COc1ccccc1C(Cl)c1cc(F)ccc1F. The van der Waals surface area contributed by atoms with Crippen LogP contribution in [-0.2, 0) is 0 Å². The Morgan fingerprint density at radius 2 is 1.78 bits per heavy atom. The Bertz CT molecular complexity index is 557. The quantitative estimate of drug-likeness (QED) is 0.754. The molecule has 18 heavy (non-hydrogen) atoms. The van der Waals surface area contributed by atoms with Crippen LogP contribution in [0.3, 0.4) is 0 Å². The summed E-state index contributed by atoms with van der Waals surface area (Å²) in [6.07, 6.45) is 0. The van der Waals surface area contributed by atoms with E-state index in [1.54, 1.807) is 24.3 Å². The molecule has 0 bridgehead atoms. The number of methoxy groups -OCH3 is 1. The first-order valence-corrected chi connectivity index (χ1v) is 5.79. The van der Waals surface area contributed by atoms with Crippen LogP contribution in [0.2, 0.25) is 0 Å². The van der Waals surface area contributed by atoms with E-state index in [-0.39, 0.29) is 5.56 Å². The predicted octanol–water partition coefficient (Wildman–Crippen LogP) is 4.30. The van der Waals surface area contributed by atoms with Crippen molar-refractivity contribution in [1.29, 1.82) is 0 Å². The summed E-state index contributed by atoms with van der Waals surface area (Å²) in [5, 5.41) is -0.795. The fourth-order valence-corrected chi connectivity index (χ4v) is 2.10. The molecule has 2 rings (SSSR count). The maximum absolute atomic E-state index is 13.6. The van der Waals surface area contributed by atoms with Gasteiger partial charge in [-0.2, -0.15) is 0 Å². The summed E-state index contributed by atoms with van der Waals surface area (Å²) in [6, 6.07) is 10.2. The average molecular weight is 269 g/mol. The van der Waals surface area contributed by atoms with Gasteiger partial charge < -0.3 is 4.74 Å². The Hall–Kier alpha value is -1.61. The minimum Gasteiger partial charge on any atom is -0.496 e. The zero-order chi connectivity index (χ0) is 13.1. The predicted molar refractivity (Wildman–Crippen MR) is 67.0 cm³/mol. The van der Waals surface area contributed by atoms with Crippen molar-refractivity contribution < 1.29 is 13.5 Å². The minimum atomic E-state index is -0.795. The molecule has 0 amide bonds. The van der Waals surface area contributed by atoms with Gasteiger partial charge >= 0.3 is 0 Å². The van der Waals surface area contributed by atoms with Crippen molar-refractivity contribution in [2.45, 2.75) is 5.38 Å². The van der Waals surface area contributed by atoms with Crippen LogP contribution >= 0.6 is 11.6 Å². The van der Waals surface area contributed by atoms with Crippen LogP contribution in [0.1, 0.15) is 16.5 Å². The van der Waals surface area contributed by atoms with Crippen molar-refractivity contribution in [1.82, 2.24) is 0 Å². The molecule has 0 aliphatic carbocycles. The molecule has 0 radical (unpaired) electrons. The summed E-state index contributed by atoms with van der Waals surface area (Å²) in [5.41, 5.74) is 0.701. The summed E-state index contributed by atoms with van der Waals surface area (Å²) in [5.74, 6) is -0.518. The second-order valence-electron chi connectivity index (χ2n) is 3.77. The van der Waals surface area contributed by atoms with Crippen molar-refractivity contribution >= 4 is 11.6 Å². The summed E-state index contributed by atoms with van der Waals surface area (Å²) >= 11 is 6.21. The number of ether oxygens (including phenoxy) is 1. The smallest absolute Gasteiger partial charge is 0.128 e. The Kier molecular flexibility index (Phi) is 3.82. The maximum Gasteiger partial charge on any atom is 0.128 e. The number of alkyl halides is 1. The van der Waals surface area contributed by atoms with E-state index >= 15 is 0 Å². The molecule has 0 N–H and O–H groups in total. The number of hydrogen-bond acceptors (Lipinski definition) is 1. The van der Waals surface area contributed by atoms with Gasteiger partial charge in [-0.3, -0.25) is 0 Å². The first kappa shape index (κ1) is 12.8. The summed E-state index contributed by atoms with van der Waals surface area (Å²) < 4.78 is 32.0. The van der Waals surface area contributed by atoms with Crippen LogP contribution in [0.5, 0.6) is 5.75 Å². The van der Waals surface area contributed by atoms with Crippen LogP contribution in [0, 0.1) is 11.6 Å². The molecule has 94 valence electrons. The standard InChI is InChI=1S/C14H11ClF2O/c1-18-13-5-3-2-4-10(13)14(15)11-8-9(16)6-7-12(11)17/h2-8,14H,1H3. The van der Waals surface area contributed by atoms with Gasteiger partial charge in [0.25, 0.3) is 0 Å². The number of hydrogen-bond donors (Lipinski definition) is 0. The van der Waals surface area contributed by atoms with Gasteiger partial charge in [-0.1, -0.05) is 18.2 Å². The zero-order valence-corrected chi connectivity index (χ0v) is 10.4. The number of benzene rings is 2. The Labute approximate surface area is 109 Å². The van der Waals surface area contributed by atoms with Crippen LogP contribution < -0.4 is 4.74 Å². The molecule has 0 fully saturated rings. The molecule has 0 saturated carbocycles. The Morgan fingerprint density at radius 1 is 1.06 bits per heavy atom. The third-order valence-corrected chi connectivity index (χ3v) is 3.11. The largest absolute Gasteiger partial charge is 0.496 e. The molecular formula is C14H11ClF2O. The maximum atomic E-state index is 13.6. The lowest BCUT2D eigenvalue weighted by Gasteiger charge is -2.14. The molecule has 2 aromatic carbocycles. The molecule has 0 saturated heterocycles. The van der Waals surface area contributed by atoms with Gasteiger partial charge in [0.15, 0.2) is 0 Å². The van der Waals surface area contributed by atoms with E-state index in [4.69, 9.17) is 16.3 Å². The van der Waals surface area contributed by atoms with Gasteiger partial charge in [0.1, 0.15) is 17.4 Å². The molecule has 1 atom stereocenters. The van der Waals surface area contributed by atoms with Crippen molar-refractivity contribution in [3.05, 3.63) is 65.2 Å². The first-order chi connectivity index (χ1) is 8.63. The number of rotatable bonds is 3. The first-order valence-electron chi connectivity index (χ1n) is 5.35. The highest BCUT2D eigenvalue weighted by atomic mass is 35.5. The van der Waals surface area contributed by atoms with Crippen LogP contribution in [0.15, 0.2) is 42.5 Å². The summed E-state index contributed by atoms with van der Waals surface area (Å²) in [6.45, 7) is 0. The summed E-state index contributed by atoms with van der Waals surface area (Å²) in [7, 11) is 1.50. The molecule has 4 heteroatoms. The monoisotopic (exact) mass is 268 g/mol. The van der Waals surface area contributed by atoms with Crippen molar-refractivity contribution in [3.63, 3.8) is 0 Å². The molecule has 1 nitrogen and oxygen atoms in total. The van der Waals surface area contributed by atoms with E-state index in [1.165, 1.54) is 7.11 Å². The lowest BCUT2D eigenvalue weighted by Crippen LogP contribution is -2.00. The van der Waals surface area contributed by atoms with E-state index < -0.39 is 17.0 Å². The molecular weight excluding hydrogens is 258 g/mol. The fourth-order valence-electron chi connectivity index (χ4n) is 1.75. The molecule has 0 aromatic heterocycles. The van der Waals surface area contributed by atoms with E-state index in [1.807, 2.05) is 0 Å². The van der Waals surface area contributed by atoms with Crippen LogP contribution in [0.25, 0.3) is 0 Å².